The molecule has 1 atom stereocenters. The molecule has 0 spiro atoms. The van der Waals surface area contributed by atoms with Crippen LogP contribution >= 0.6 is 27.7 Å². The molecule has 94 valence electrons. The van der Waals surface area contributed by atoms with E-state index in [-0.39, 0.29) is 6.04 Å². The molecule has 1 aromatic heterocycles. The topological polar surface area (TPSA) is 51.8 Å². The molecule has 2 rings (SSSR count). The lowest BCUT2D eigenvalue weighted by Gasteiger charge is -2.09. The standard InChI is InChI=1S/C13H14BrN3S/c1-8-5-6-16-13(17-8)18-10-3-4-11(9(2)15)12(14)7-10/h3-7,9H,15H2,1-2H3. The summed E-state index contributed by atoms with van der Waals surface area (Å²) in [5.41, 5.74) is 7.95. The van der Waals surface area contributed by atoms with E-state index in [2.05, 4.69) is 32.0 Å². The molecule has 1 aromatic carbocycles. The SMILES string of the molecule is Cc1ccnc(Sc2ccc(C(C)N)c(Br)c2)n1. The first-order valence-electron chi connectivity index (χ1n) is 5.59. The van der Waals surface area contributed by atoms with E-state index in [9.17, 15) is 0 Å². The van der Waals surface area contributed by atoms with Gasteiger partial charge in [-0.25, -0.2) is 9.97 Å². The van der Waals surface area contributed by atoms with Crippen LogP contribution in [0.15, 0.2) is 45.0 Å². The first kappa shape index (κ1) is 13.5. The number of aromatic nitrogens is 2. The molecule has 0 aliphatic rings. The third-order valence-corrected chi connectivity index (χ3v) is 4.00. The molecule has 1 heterocycles. The van der Waals surface area contributed by atoms with E-state index in [4.69, 9.17) is 5.73 Å². The van der Waals surface area contributed by atoms with Gasteiger partial charge < -0.3 is 5.73 Å². The molecule has 0 saturated carbocycles. The second kappa shape index (κ2) is 5.82. The molecule has 0 aliphatic heterocycles. The van der Waals surface area contributed by atoms with Crippen molar-refractivity contribution in [3.63, 3.8) is 0 Å². The molecule has 3 nitrogen and oxygen atoms in total. The zero-order valence-electron chi connectivity index (χ0n) is 10.2. The Kier molecular flexibility index (Phi) is 4.37. The number of nitrogens with two attached hydrogens (primary N) is 1. The van der Waals surface area contributed by atoms with Crippen molar-refractivity contribution in [1.82, 2.24) is 9.97 Å². The first-order chi connectivity index (χ1) is 8.56. The minimum Gasteiger partial charge on any atom is -0.324 e. The molecule has 1 unspecified atom stereocenters. The van der Waals surface area contributed by atoms with Crippen molar-refractivity contribution >= 4 is 27.7 Å². The smallest absolute Gasteiger partial charge is 0.192 e. The fourth-order valence-electron chi connectivity index (χ4n) is 1.52. The summed E-state index contributed by atoms with van der Waals surface area (Å²) in [6.45, 7) is 3.93. The van der Waals surface area contributed by atoms with Crippen LogP contribution in [0.3, 0.4) is 0 Å². The Hall–Kier alpha value is -0.910. The average Bonchev–Trinajstić information content (AvgIpc) is 2.28. The van der Waals surface area contributed by atoms with Crippen molar-refractivity contribution in [3.05, 3.63) is 46.2 Å². The maximum atomic E-state index is 5.88. The predicted molar refractivity (Wildman–Crippen MR) is 77.6 cm³/mol. The molecule has 0 fully saturated rings. The van der Waals surface area contributed by atoms with Crippen LogP contribution in [0.5, 0.6) is 0 Å². The number of aryl methyl sites for hydroxylation is 1. The zero-order chi connectivity index (χ0) is 13.1. The third kappa shape index (κ3) is 3.31. The van der Waals surface area contributed by atoms with Crippen molar-refractivity contribution in [3.8, 4) is 0 Å². The Bertz CT molecular complexity index is 558. The van der Waals surface area contributed by atoms with E-state index in [0.717, 1.165) is 25.8 Å². The zero-order valence-corrected chi connectivity index (χ0v) is 12.6. The van der Waals surface area contributed by atoms with E-state index in [1.54, 1.807) is 18.0 Å². The number of rotatable bonds is 3. The number of benzene rings is 1. The first-order valence-corrected chi connectivity index (χ1v) is 7.20. The molecule has 2 aromatic rings. The van der Waals surface area contributed by atoms with Gasteiger partial charge in [0, 0.05) is 27.3 Å². The van der Waals surface area contributed by atoms with Gasteiger partial charge in [0.15, 0.2) is 5.16 Å². The van der Waals surface area contributed by atoms with Gasteiger partial charge in [-0.3, -0.25) is 0 Å². The number of hydrogen-bond acceptors (Lipinski definition) is 4. The number of halogens is 1. The lowest BCUT2D eigenvalue weighted by Crippen LogP contribution is -2.05. The molecule has 2 N–H and O–H groups in total. The van der Waals surface area contributed by atoms with Gasteiger partial charge in [0.2, 0.25) is 0 Å². The van der Waals surface area contributed by atoms with Gasteiger partial charge in [-0.1, -0.05) is 22.0 Å². The summed E-state index contributed by atoms with van der Waals surface area (Å²) >= 11 is 5.08. The molecular weight excluding hydrogens is 310 g/mol. The van der Waals surface area contributed by atoms with Crippen molar-refractivity contribution in [2.75, 3.05) is 0 Å². The van der Waals surface area contributed by atoms with Crippen molar-refractivity contribution in [2.45, 2.75) is 29.9 Å². The summed E-state index contributed by atoms with van der Waals surface area (Å²) in [5, 5.41) is 0.760. The Balaban J connectivity index is 2.23. The van der Waals surface area contributed by atoms with Crippen LogP contribution in [0.25, 0.3) is 0 Å². The van der Waals surface area contributed by atoms with Gasteiger partial charge in [-0.15, -0.1) is 0 Å². The highest BCUT2D eigenvalue weighted by Crippen LogP contribution is 2.30. The Morgan fingerprint density at radius 3 is 2.72 bits per heavy atom. The van der Waals surface area contributed by atoms with Crippen LogP contribution in [0.4, 0.5) is 0 Å². The van der Waals surface area contributed by atoms with Crippen LogP contribution in [0.1, 0.15) is 24.2 Å². The highest BCUT2D eigenvalue weighted by atomic mass is 79.9. The largest absolute Gasteiger partial charge is 0.324 e. The van der Waals surface area contributed by atoms with E-state index in [1.165, 1.54) is 0 Å². The van der Waals surface area contributed by atoms with Crippen LogP contribution in [-0.4, -0.2) is 9.97 Å². The Morgan fingerprint density at radius 2 is 2.11 bits per heavy atom. The maximum Gasteiger partial charge on any atom is 0.192 e. The third-order valence-electron chi connectivity index (χ3n) is 2.44. The van der Waals surface area contributed by atoms with Crippen LogP contribution in [0.2, 0.25) is 0 Å². The fraction of sp³-hybridized carbons (Fsp3) is 0.231. The molecule has 5 heteroatoms. The molecular formula is C13H14BrN3S. The van der Waals surface area contributed by atoms with Crippen molar-refractivity contribution < 1.29 is 0 Å². The highest BCUT2D eigenvalue weighted by molar-refractivity contribution is 9.10. The molecule has 0 amide bonds. The summed E-state index contributed by atoms with van der Waals surface area (Å²) in [6.07, 6.45) is 1.77. The van der Waals surface area contributed by atoms with E-state index >= 15 is 0 Å². The fourth-order valence-corrected chi connectivity index (χ4v) is 3.24. The van der Waals surface area contributed by atoms with E-state index < -0.39 is 0 Å². The van der Waals surface area contributed by atoms with Gasteiger partial charge >= 0.3 is 0 Å². The Labute approximate surface area is 119 Å². The molecule has 0 bridgehead atoms. The average molecular weight is 324 g/mol. The van der Waals surface area contributed by atoms with Gasteiger partial charge in [0.25, 0.3) is 0 Å². The van der Waals surface area contributed by atoms with E-state index in [1.807, 2.05) is 32.0 Å². The van der Waals surface area contributed by atoms with Crippen LogP contribution < -0.4 is 5.73 Å². The molecule has 18 heavy (non-hydrogen) atoms. The summed E-state index contributed by atoms with van der Waals surface area (Å²) in [7, 11) is 0. The Morgan fingerprint density at radius 1 is 1.33 bits per heavy atom. The number of nitrogens with zero attached hydrogens (tertiary/aromatic N) is 2. The maximum absolute atomic E-state index is 5.88. The minimum absolute atomic E-state index is 0.0219. The van der Waals surface area contributed by atoms with Crippen molar-refractivity contribution in [2.24, 2.45) is 5.73 Å². The van der Waals surface area contributed by atoms with E-state index in [0.29, 0.717) is 0 Å². The quantitative estimate of drug-likeness (QED) is 0.874. The molecule has 0 saturated heterocycles. The second-order valence-electron chi connectivity index (χ2n) is 4.05. The molecule has 0 aliphatic carbocycles. The van der Waals surface area contributed by atoms with Gasteiger partial charge in [-0.05, 0) is 49.4 Å². The summed E-state index contributed by atoms with van der Waals surface area (Å²) in [6, 6.07) is 8.04. The second-order valence-corrected chi connectivity index (χ2v) is 5.95. The lowest BCUT2D eigenvalue weighted by atomic mass is 10.1. The lowest BCUT2D eigenvalue weighted by molar-refractivity contribution is 0.811. The van der Waals surface area contributed by atoms with Gasteiger partial charge in [0.1, 0.15) is 0 Å². The highest BCUT2D eigenvalue weighted by Gasteiger charge is 2.07. The van der Waals surface area contributed by atoms with Crippen LogP contribution in [0, 0.1) is 6.92 Å². The predicted octanol–water partition coefficient (Wildman–Crippen LogP) is 3.72. The summed E-state index contributed by atoms with van der Waals surface area (Å²) in [4.78, 5) is 9.70. The van der Waals surface area contributed by atoms with Gasteiger partial charge in [-0.2, -0.15) is 0 Å². The normalized spacial score (nSPS) is 12.4. The summed E-state index contributed by atoms with van der Waals surface area (Å²) in [5.74, 6) is 0. The van der Waals surface area contributed by atoms with Crippen molar-refractivity contribution in [1.29, 1.82) is 0 Å². The van der Waals surface area contributed by atoms with Gasteiger partial charge in [0.05, 0.1) is 0 Å². The monoisotopic (exact) mass is 323 g/mol. The number of hydrogen-bond donors (Lipinski definition) is 1. The molecule has 0 radical (unpaired) electrons. The minimum atomic E-state index is 0.0219. The van der Waals surface area contributed by atoms with Crippen LogP contribution in [-0.2, 0) is 0 Å². The summed E-state index contributed by atoms with van der Waals surface area (Å²) < 4.78 is 1.02.